The Balaban J connectivity index is 2.18. The van der Waals surface area contributed by atoms with Crippen molar-refractivity contribution >= 4 is 81.3 Å². The van der Waals surface area contributed by atoms with Crippen molar-refractivity contribution in [3.63, 3.8) is 0 Å². The van der Waals surface area contributed by atoms with Crippen molar-refractivity contribution in [3.05, 3.63) is 59.7 Å². The lowest BCUT2D eigenvalue weighted by Gasteiger charge is -2.40. The van der Waals surface area contributed by atoms with Gasteiger partial charge in [0.05, 0.1) is 14.2 Å². The van der Waals surface area contributed by atoms with Gasteiger partial charge >= 0.3 is 0 Å². The molecule has 2 aromatic carbocycles. The molecule has 0 aliphatic carbocycles. The van der Waals surface area contributed by atoms with Crippen LogP contribution in [0.15, 0.2) is 58.5 Å². The van der Waals surface area contributed by atoms with Crippen LogP contribution in [0.3, 0.4) is 0 Å². The average Bonchev–Trinajstić information content (AvgIpc) is 2.71. The Bertz CT molecular complexity index is 950. The van der Waals surface area contributed by atoms with E-state index in [2.05, 4.69) is 9.98 Å². The van der Waals surface area contributed by atoms with Crippen LogP contribution in [0, 0.1) is 0 Å². The lowest BCUT2D eigenvalue weighted by molar-refractivity contribution is 0.322. The van der Waals surface area contributed by atoms with Gasteiger partial charge in [-0.1, -0.05) is 81.7 Å². The molecule has 1 aliphatic rings. The molecule has 0 radical (unpaired) electrons. The van der Waals surface area contributed by atoms with Gasteiger partial charge in [-0.2, -0.15) is 0 Å². The molecular weight excluding hydrogens is 515 g/mol. The van der Waals surface area contributed by atoms with Crippen molar-refractivity contribution in [3.8, 4) is 11.5 Å². The molecule has 1 atom stereocenters. The van der Waals surface area contributed by atoms with Gasteiger partial charge in [-0.3, -0.25) is 4.90 Å². The van der Waals surface area contributed by atoms with Gasteiger partial charge in [0.1, 0.15) is 17.3 Å². The number of hydrogen-bond donors (Lipinski definition) is 0. The van der Waals surface area contributed by atoms with E-state index in [1.54, 1.807) is 62.8 Å². The van der Waals surface area contributed by atoms with Crippen molar-refractivity contribution in [2.45, 2.75) is 13.9 Å². The van der Waals surface area contributed by atoms with E-state index in [1.165, 1.54) is 4.90 Å². The molecule has 0 N–H and O–H groups in total. The van der Waals surface area contributed by atoms with Crippen molar-refractivity contribution in [2.24, 2.45) is 9.98 Å². The number of benzene rings is 2. The van der Waals surface area contributed by atoms with Crippen LogP contribution in [0.4, 0.5) is 0 Å². The molecule has 0 amide bonds. The third-order valence-electron chi connectivity index (χ3n) is 4.22. The number of methoxy groups -OCH3 is 2. The monoisotopic (exact) mass is 527 g/mol. The van der Waals surface area contributed by atoms with E-state index in [4.69, 9.17) is 79.1 Å². The van der Waals surface area contributed by atoms with Gasteiger partial charge in [-0.05, 0) is 42.0 Å². The highest BCUT2D eigenvalue weighted by Gasteiger charge is 2.44. The van der Waals surface area contributed by atoms with E-state index in [0.717, 1.165) is 0 Å². The normalized spacial score (nSPS) is 17.3. The first kappa shape index (κ1) is 23.6. The van der Waals surface area contributed by atoms with Crippen LogP contribution in [0.1, 0.15) is 17.3 Å². The van der Waals surface area contributed by atoms with Crippen LogP contribution < -0.4 is 9.47 Å². The van der Waals surface area contributed by atoms with Gasteiger partial charge in [-0.15, -0.1) is 0 Å². The Hall–Kier alpha value is -1.08. The molecule has 0 saturated heterocycles. The fourth-order valence-corrected chi connectivity index (χ4v) is 3.60. The first-order chi connectivity index (χ1) is 14.0. The van der Waals surface area contributed by atoms with Crippen LogP contribution in [0.25, 0.3) is 0 Å². The summed E-state index contributed by atoms with van der Waals surface area (Å²) in [5.74, 6) is 1.54. The number of aliphatic imine (C=N–C) groups is 2. The zero-order valence-corrected chi connectivity index (χ0v) is 20.2. The summed E-state index contributed by atoms with van der Waals surface area (Å²) in [5.41, 5.74) is 1.29. The Labute approximate surface area is 204 Å². The highest BCUT2D eigenvalue weighted by atomic mass is 35.6. The molecule has 160 valence electrons. The summed E-state index contributed by atoms with van der Waals surface area (Å²) in [4.78, 5) is 10.3. The molecule has 3 rings (SSSR count). The summed E-state index contributed by atoms with van der Waals surface area (Å²) in [6.07, 6.45) is -0.830. The Kier molecular flexibility index (Phi) is 7.22. The van der Waals surface area contributed by atoms with Crippen LogP contribution in [0.2, 0.25) is 0 Å². The number of amidine groups is 2. The number of hydrogen-bond acceptors (Lipinski definition) is 5. The van der Waals surface area contributed by atoms with Crippen LogP contribution >= 0.6 is 69.6 Å². The van der Waals surface area contributed by atoms with E-state index in [0.29, 0.717) is 22.6 Å². The maximum absolute atomic E-state index is 6.34. The maximum atomic E-state index is 6.34. The minimum absolute atomic E-state index is 0.0374. The predicted molar refractivity (Wildman–Crippen MR) is 125 cm³/mol. The van der Waals surface area contributed by atoms with Crippen molar-refractivity contribution in [1.29, 1.82) is 0 Å². The standard InChI is InChI=1S/C19H15Cl6N3O2/c1-29-13-7-3-11(4-8-13)15-26-17(18(20,21)22)27-16(28(15)19(23,24)25)12-5-9-14(30-2)10-6-12/h3-10,15H,1-2H3. The fourth-order valence-electron chi connectivity index (χ4n) is 2.81. The zero-order valence-electron chi connectivity index (χ0n) is 15.6. The Morgan fingerprint density at radius 2 is 1.30 bits per heavy atom. The summed E-state index contributed by atoms with van der Waals surface area (Å²) < 4.78 is 6.62. The Morgan fingerprint density at radius 3 is 1.73 bits per heavy atom. The third-order valence-corrected chi connectivity index (χ3v) is 5.27. The molecule has 1 aliphatic heterocycles. The highest BCUT2D eigenvalue weighted by molar-refractivity contribution is 6.77. The smallest absolute Gasteiger partial charge is 0.271 e. The first-order valence-electron chi connectivity index (χ1n) is 8.42. The number of halogens is 6. The molecule has 1 heterocycles. The quantitative estimate of drug-likeness (QED) is 0.333. The third kappa shape index (κ3) is 5.21. The molecule has 0 aromatic heterocycles. The average molecular weight is 530 g/mol. The van der Waals surface area contributed by atoms with Crippen LogP contribution in [0.5, 0.6) is 11.5 Å². The molecule has 2 aromatic rings. The molecule has 5 nitrogen and oxygen atoms in total. The van der Waals surface area contributed by atoms with E-state index in [1.807, 2.05) is 0 Å². The first-order valence-corrected chi connectivity index (χ1v) is 10.7. The molecule has 0 bridgehead atoms. The summed E-state index contributed by atoms with van der Waals surface area (Å²) >= 11 is 37.3. The number of alkyl halides is 6. The topological polar surface area (TPSA) is 46.4 Å². The van der Waals surface area contributed by atoms with Gasteiger partial charge in [0.25, 0.3) is 3.92 Å². The number of nitrogens with zero attached hydrogens (tertiary/aromatic N) is 3. The molecular formula is C19H15Cl6N3O2. The van der Waals surface area contributed by atoms with Gasteiger partial charge in [0.15, 0.2) is 12.0 Å². The highest BCUT2D eigenvalue weighted by Crippen LogP contribution is 2.44. The largest absolute Gasteiger partial charge is 0.497 e. The minimum atomic E-state index is -1.91. The van der Waals surface area contributed by atoms with E-state index in [9.17, 15) is 0 Å². The molecule has 11 heteroatoms. The van der Waals surface area contributed by atoms with Gasteiger partial charge in [-0.25, -0.2) is 9.98 Å². The lowest BCUT2D eigenvalue weighted by Crippen LogP contribution is -2.47. The SMILES string of the molecule is COc1ccc(C2=NC(C(Cl)(Cl)Cl)=NC(c3ccc(OC)cc3)N2C(Cl)(Cl)Cl)cc1. The second-order valence-corrected chi connectivity index (χ2v) is 10.6. The summed E-state index contributed by atoms with van der Waals surface area (Å²) in [6.45, 7) is 0. The molecule has 0 spiro atoms. The summed E-state index contributed by atoms with van der Waals surface area (Å²) in [7, 11) is 3.13. The second kappa shape index (κ2) is 9.19. The lowest BCUT2D eigenvalue weighted by atomic mass is 10.1. The summed E-state index contributed by atoms with van der Waals surface area (Å²) in [5, 5.41) is 0. The zero-order chi connectivity index (χ0) is 22.1. The van der Waals surface area contributed by atoms with Gasteiger partial charge in [0.2, 0.25) is 3.79 Å². The second-order valence-electron chi connectivity index (χ2n) is 6.10. The summed E-state index contributed by atoms with van der Waals surface area (Å²) in [6, 6.07) is 14.1. The minimum Gasteiger partial charge on any atom is -0.497 e. The van der Waals surface area contributed by atoms with Crippen molar-refractivity contribution in [2.75, 3.05) is 14.2 Å². The van der Waals surface area contributed by atoms with Crippen molar-refractivity contribution in [1.82, 2.24) is 4.90 Å². The number of rotatable bonds is 4. The molecule has 30 heavy (non-hydrogen) atoms. The van der Waals surface area contributed by atoms with Gasteiger partial charge < -0.3 is 9.47 Å². The van der Waals surface area contributed by atoms with E-state index in [-0.39, 0.29) is 11.7 Å². The van der Waals surface area contributed by atoms with E-state index >= 15 is 0 Å². The molecule has 0 saturated carbocycles. The van der Waals surface area contributed by atoms with Crippen molar-refractivity contribution < 1.29 is 9.47 Å². The molecule has 1 unspecified atom stereocenters. The van der Waals surface area contributed by atoms with Gasteiger partial charge in [0, 0.05) is 5.56 Å². The maximum Gasteiger partial charge on any atom is 0.271 e. The molecule has 0 fully saturated rings. The number of ether oxygens (including phenoxy) is 2. The Morgan fingerprint density at radius 1 is 0.800 bits per heavy atom. The van der Waals surface area contributed by atoms with Crippen LogP contribution in [-0.2, 0) is 0 Å². The van der Waals surface area contributed by atoms with E-state index < -0.39 is 13.9 Å². The predicted octanol–water partition coefficient (Wildman–Crippen LogP) is 6.56. The fraction of sp³-hybridized carbons (Fsp3) is 0.263. The van der Waals surface area contributed by atoms with Crippen LogP contribution in [-0.4, -0.2) is 38.5 Å².